The molecule has 1 unspecified atom stereocenters. The molecule has 108 valence electrons. The zero-order valence-electron chi connectivity index (χ0n) is 11.8. The summed E-state index contributed by atoms with van der Waals surface area (Å²) in [6, 6.07) is 4.39. The molecule has 20 heavy (non-hydrogen) atoms. The maximum absolute atomic E-state index is 11.3. The Balaban J connectivity index is 1.75. The Morgan fingerprint density at radius 3 is 2.85 bits per heavy atom. The van der Waals surface area contributed by atoms with Gasteiger partial charge in [0.25, 0.3) is 0 Å². The predicted molar refractivity (Wildman–Crippen MR) is 76.6 cm³/mol. The molecule has 0 spiro atoms. The summed E-state index contributed by atoms with van der Waals surface area (Å²) in [7, 11) is 0. The van der Waals surface area contributed by atoms with E-state index in [0.717, 1.165) is 24.6 Å². The lowest BCUT2D eigenvalue weighted by Gasteiger charge is -2.29. The van der Waals surface area contributed by atoms with Gasteiger partial charge < -0.3 is 5.11 Å². The van der Waals surface area contributed by atoms with E-state index >= 15 is 0 Å². The van der Waals surface area contributed by atoms with Crippen molar-refractivity contribution in [2.24, 2.45) is 5.92 Å². The molecule has 1 aromatic heterocycles. The zero-order chi connectivity index (χ0) is 13.9. The number of hydrogen-bond donors (Lipinski definition) is 1. The van der Waals surface area contributed by atoms with Crippen LogP contribution in [0.5, 0.6) is 0 Å². The van der Waals surface area contributed by atoms with E-state index in [2.05, 4.69) is 9.88 Å². The molecule has 0 aromatic carbocycles. The topological polar surface area (TPSA) is 53.4 Å². The number of hydrogen-bond acceptors (Lipinski definition) is 3. The molecule has 0 amide bonds. The summed E-state index contributed by atoms with van der Waals surface area (Å²) < 4.78 is 0. The van der Waals surface area contributed by atoms with Crippen molar-refractivity contribution < 1.29 is 9.90 Å². The van der Waals surface area contributed by atoms with Crippen LogP contribution in [-0.4, -0.2) is 33.5 Å². The van der Waals surface area contributed by atoms with E-state index < -0.39 is 5.97 Å². The molecule has 4 heteroatoms. The van der Waals surface area contributed by atoms with Gasteiger partial charge in [-0.3, -0.25) is 4.90 Å². The number of likely N-dealkylation sites (tertiary alicyclic amines) is 1. The van der Waals surface area contributed by atoms with Crippen molar-refractivity contribution in [3.63, 3.8) is 0 Å². The molecule has 2 aliphatic rings. The first-order valence-corrected chi connectivity index (χ1v) is 7.67. The van der Waals surface area contributed by atoms with Gasteiger partial charge >= 0.3 is 5.97 Å². The van der Waals surface area contributed by atoms with Crippen LogP contribution in [0.15, 0.2) is 18.3 Å². The highest BCUT2D eigenvalue weighted by Crippen LogP contribution is 2.36. The maximum Gasteiger partial charge on any atom is 0.354 e. The van der Waals surface area contributed by atoms with Crippen LogP contribution in [0.25, 0.3) is 0 Å². The van der Waals surface area contributed by atoms with Crippen molar-refractivity contribution in [2.75, 3.05) is 6.54 Å². The number of aromatic carboxylic acids is 1. The van der Waals surface area contributed by atoms with Gasteiger partial charge in [0.15, 0.2) is 5.69 Å². The van der Waals surface area contributed by atoms with Gasteiger partial charge in [0.1, 0.15) is 0 Å². The molecule has 1 saturated carbocycles. The largest absolute Gasteiger partial charge is 0.477 e. The lowest BCUT2D eigenvalue weighted by atomic mass is 9.95. The molecule has 1 aromatic rings. The Labute approximate surface area is 119 Å². The number of nitrogens with zero attached hydrogens (tertiary/aromatic N) is 2. The molecule has 2 heterocycles. The number of pyridine rings is 1. The van der Waals surface area contributed by atoms with Gasteiger partial charge in [-0.25, -0.2) is 9.78 Å². The van der Waals surface area contributed by atoms with Crippen molar-refractivity contribution in [1.29, 1.82) is 0 Å². The summed E-state index contributed by atoms with van der Waals surface area (Å²) >= 11 is 0. The van der Waals surface area contributed by atoms with E-state index in [1.165, 1.54) is 38.5 Å². The minimum absolute atomic E-state index is 0.213. The summed E-state index contributed by atoms with van der Waals surface area (Å²) in [6.07, 6.45) is 9.49. The number of carboxylic acid groups (broad SMARTS) is 1. The Kier molecular flexibility index (Phi) is 4.01. The molecule has 1 saturated heterocycles. The highest BCUT2D eigenvalue weighted by atomic mass is 16.4. The normalized spacial score (nSPS) is 24.3. The van der Waals surface area contributed by atoms with Crippen molar-refractivity contribution in [2.45, 2.75) is 51.1 Å². The third-order valence-corrected chi connectivity index (χ3v) is 4.83. The van der Waals surface area contributed by atoms with Crippen LogP contribution in [0.1, 0.15) is 54.6 Å². The average molecular weight is 274 g/mol. The fourth-order valence-corrected chi connectivity index (χ4v) is 3.90. The smallest absolute Gasteiger partial charge is 0.354 e. The number of carboxylic acids is 1. The predicted octanol–water partition coefficient (Wildman–Crippen LogP) is 2.93. The zero-order valence-corrected chi connectivity index (χ0v) is 11.8. The first-order chi connectivity index (χ1) is 9.75. The molecule has 1 N–H and O–H groups in total. The van der Waals surface area contributed by atoms with E-state index in [9.17, 15) is 9.90 Å². The van der Waals surface area contributed by atoms with Crippen molar-refractivity contribution in [3.8, 4) is 0 Å². The molecular weight excluding hydrogens is 252 g/mol. The van der Waals surface area contributed by atoms with Gasteiger partial charge in [0, 0.05) is 18.8 Å². The van der Waals surface area contributed by atoms with Crippen LogP contribution in [0.3, 0.4) is 0 Å². The quantitative estimate of drug-likeness (QED) is 0.917. The summed E-state index contributed by atoms with van der Waals surface area (Å²) in [5.74, 6) is -0.0975. The monoisotopic (exact) mass is 274 g/mol. The highest BCUT2D eigenvalue weighted by Gasteiger charge is 2.33. The summed E-state index contributed by atoms with van der Waals surface area (Å²) in [5, 5.41) is 9.24. The number of carbonyl (C=O) groups is 1. The fourth-order valence-electron chi connectivity index (χ4n) is 3.90. The second-order valence-corrected chi connectivity index (χ2v) is 6.04. The van der Waals surface area contributed by atoms with E-state index in [-0.39, 0.29) is 5.69 Å². The Morgan fingerprint density at radius 2 is 2.10 bits per heavy atom. The molecule has 2 fully saturated rings. The molecule has 4 nitrogen and oxygen atoms in total. The summed E-state index contributed by atoms with van der Waals surface area (Å²) in [6.45, 7) is 1.83. The van der Waals surface area contributed by atoms with Gasteiger partial charge in [-0.15, -0.1) is 0 Å². The lowest BCUT2D eigenvalue weighted by Crippen LogP contribution is -2.34. The molecule has 0 bridgehead atoms. The average Bonchev–Trinajstić information content (AvgIpc) is 3.09. The van der Waals surface area contributed by atoms with Crippen LogP contribution in [0, 0.1) is 5.92 Å². The van der Waals surface area contributed by atoms with E-state index in [4.69, 9.17) is 0 Å². The molecular formula is C16H22N2O2. The first-order valence-electron chi connectivity index (χ1n) is 7.67. The van der Waals surface area contributed by atoms with Crippen LogP contribution in [-0.2, 0) is 6.54 Å². The van der Waals surface area contributed by atoms with Crippen LogP contribution in [0.2, 0.25) is 0 Å². The van der Waals surface area contributed by atoms with Gasteiger partial charge in [0.2, 0.25) is 0 Å². The lowest BCUT2D eigenvalue weighted by molar-refractivity contribution is 0.0687. The molecule has 1 aliphatic heterocycles. The summed E-state index contributed by atoms with van der Waals surface area (Å²) in [4.78, 5) is 17.8. The Hall–Kier alpha value is -1.42. The second-order valence-electron chi connectivity index (χ2n) is 6.04. The minimum atomic E-state index is -0.919. The maximum atomic E-state index is 11.3. The van der Waals surface area contributed by atoms with Crippen LogP contribution < -0.4 is 0 Å². The fraction of sp³-hybridized carbons (Fsp3) is 0.625. The third-order valence-electron chi connectivity index (χ3n) is 4.83. The Bertz CT molecular complexity index is 483. The second kappa shape index (κ2) is 5.92. The SMILES string of the molecule is O=C(O)c1ncccc1CN1CCCC1C1CCCC1. The summed E-state index contributed by atoms with van der Waals surface area (Å²) in [5.41, 5.74) is 1.06. The van der Waals surface area contributed by atoms with E-state index in [0.29, 0.717) is 6.04 Å². The van der Waals surface area contributed by atoms with Crippen LogP contribution in [0.4, 0.5) is 0 Å². The number of rotatable bonds is 4. The molecule has 0 radical (unpaired) electrons. The molecule has 1 aliphatic carbocycles. The van der Waals surface area contributed by atoms with Crippen molar-refractivity contribution in [3.05, 3.63) is 29.6 Å². The molecule has 1 atom stereocenters. The van der Waals surface area contributed by atoms with Crippen LogP contribution >= 0.6 is 0 Å². The van der Waals surface area contributed by atoms with E-state index in [1.807, 2.05) is 12.1 Å². The van der Waals surface area contributed by atoms with E-state index in [1.54, 1.807) is 6.20 Å². The minimum Gasteiger partial charge on any atom is -0.477 e. The van der Waals surface area contributed by atoms with Crippen molar-refractivity contribution in [1.82, 2.24) is 9.88 Å². The Morgan fingerprint density at radius 1 is 1.30 bits per heavy atom. The van der Waals surface area contributed by atoms with Crippen molar-refractivity contribution >= 4 is 5.97 Å². The third kappa shape index (κ3) is 2.70. The van der Waals surface area contributed by atoms with Gasteiger partial charge in [0.05, 0.1) is 0 Å². The van der Waals surface area contributed by atoms with Gasteiger partial charge in [-0.2, -0.15) is 0 Å². The molecule has 3 rings (SSSR count). The first kappa shape index (κ1) is 13.6. The highest BCUT2D eigenvalue weighted by molar-refractivity contribution is 5.86. The van der Waals surface area contributed by atoms with Gasteiger partial charge in [-0.05, 0) is 49.8 Å². The number of aromatic nitrogens is 1. The standard InChI is InChI=1S/C16H22N2O2/c19-16(20)15-13(7-3-9-17-15)11-18-10-4-8-14(18)12-5-1-2-6-12/h3,7,9,12,14H,1-2,4-6,8,10-11H2,(H,19,20). The van der Waals surface area contributed by atoms with Gasteiger partial charge in [-0.1, -0.05) is 18.9 Å².